The summed E-state index contributed by atoms with van der Waals surface area (Å²) in [6.45, 7) is 0.361. The van der Waals surface area contributed by atoms with Gasteiger partial charge in [0.2, 0.25) is 11.8 Å². The summed E-state index contributed by atoms with van der Waals surface area (Å²) in [5, 5.41) is 2.73. The summed E-state index contributed by atoms with van der Waals surface area (Å²) in [4.78, 5) is 26.8. The maximum Gasteiger partial charge on any atom is 0.230 e. The quantitative estimate of drug-likeness (QED) is 0.579. The first-order chi connectivity index (χ1) is 15.0. The summed E-state index contributed by atoms with van der Waals surface area (Å²) in [5.74, 6) is -0.782. The van der Waals surface area contributed by atoms with Crippen LogP contribution in [0.3, 0.4) is 0 Å². The standard InChI is InChI=1S/C25H22F2N2O2/c26-20-7-1-18(2-8-20)16-29(25(31)19-5-6-19)23-13-3-17(4-14-23)15-24(30)28-22-11-9-21(27)10-12-22/h1-4,7-14,19H,5-6,15-16H2,(H,28,30). The molecule has 1 aliphatic rings. The minimum absolute atomic E-state index is 0.0432. The highest BCUT2D eigenvalue weighted by atomic mass is 19.1. The molecule has 158 valence electrons. The van der Waals surface area contributed by atoms with E-state index in [1.54, 1.807) is 17.0 Å². The second-order valence-corrected chi connectivity index (χ2v) is 7.72. The molecule has 0 aliphatic heterocycles. The smallest absolute Gasteiger partial charge is 0.230 e. The van der Waals surface area contributed by atoms with E-state index in [1.165, 1.54) is 36.4 Å². The van der Waals surface area contributed by atoms with Gasteiger partial charge < -0.3 is 10.2 Å². The highest BCUT2D eigenvalue weighted by Gasteiger charge is 2.34. The molecule has 6 heteroatoms. The molecular weight excluding hydrogens is 398 g/mol. The number of benzene rings is 3. The lowest BCUT2D eigenvalue weighted by Gasteiger charge is -2.23. The van der Waals surface area contributed by atoms with Gasteiger partial charge in [-0.05, 0) is 72.5 Å². The van der Waals surface area contributed by atoms with Crippen molar-refractivity contribution in [3.63, 3.8) is 0 Å². The van der Waals surface area contributed by atoms with Crippen LogP contribution >= 0.6 is 0 Å². The van der Waals surface area contributed by atoms with Crippen molar-refractivity contribution in [2.75, 3.05) is 10.2 Å². The monoisotopic (exact) mass is 420 g/mol. The van der Waals surface area contributed by atoms with Gasteiger partial charge in [0.1, 0.15) is 11.6 Å². The first-order valence-corrected chi connectivity index (χ1v) is 10.2. The number of halogens is 2. The molecule has 3 aromatic carbocycles. The first-order valence-electron chi connectivity index (χ1n) is 10.2. The van der Waals surface area contributed by atoms with Crippen molar-refractivity contribution in [3.05, 3.63) is 95.6 Å². The van der Waals surface area contributed by atoms with Crippen LogP contribution in [0, 0.1) is 17.6 Å². The molecule has 0 atom stereocenters. The molecule has 0 bridgehead atoms. The van der Waals surface area contributed by atoms with Gasteiger partial charge >= 0.3 is 0 Å². The Balaban J connectivity index is 1.44. The number of nitrogens with one attached hydrogen (secondary N) is 1. The van der Waals surface area contributed by atoms with Gasteiger partial charge in [0.25, 0.3) is 0 Å². The molecule has 31 heavy (non-hydrogen) atoms. The molecule has 1 N–H and O–H groups in total. The number of hydrogen-bond donors (Lipinski definition) is 1. The average Bonchev–Trinajstić information content (AvgIpc) is 3.61. The van der Waals surface area contributed by atoms with Crippen molar-refractivity contribution in [2.24, 2.45) is 5.92 Å². The molecule has 1 saturated carbocycles. The zero-order chi connectivity index (χ0) is 21.8. The lowest BCUT2D eigenvalue weighted by atomic mass is 10.1. The van der Waals surface area contributed by atoms with E-state index in [0.717, 1.165) is 29.7 Å². The fourth-order valence-electron chi connectivity index (χ4n) is 3.34. The summed E-state index contributed by atoms with van der Waals surface area (Å²) in [6, 6.07) is 19.0. The molecular formula is C25H22F2N2O2. The molecule has 3 aromatic rings. The molecule has 0 saturated heterocycles. The topological polar surface area (TPSA) is 49.4 Å². The van der Waals surface area contributed by atoms with Crippen molar-refractivity contribution in [3.8, 4) is 0 Å². The predicted octanol–water partition coefficient (Wildman–Crippen LogP) is 5.09. The maximum atomic E-state index is 13.2. The number of rotatable bonds is 7. The van der Waals surface area contributed by atoms with Crippen LogP contribution in [-0.4, -0.2) is 11.8 Å². The van der Waals surface area contributed by atoms with Crippen molar-refractivity contribution in [2.45, 2.75) is 25.8 Å². The number of hydrogen-bond acceptors (Lipinski definition) is 2. The highest BCUT2D eigenvalue weighted by Crippen LogP contribution is 2.33. The number of carbonyl (C=O) groups excluding carboxylic acids is 2. The van der Waals surface area contributed by atoms with Gasteiger partial charge in [-0.25, -0.2) is 8.78 Å². The molecule has 2 amide bonds. The van der Waals surface area contributed by atoms with Crippen LogP contribution in [-0.2, 0) is 22.6 Å². The Morgan fingerprint density at radius 1 is 0.806 bits per heavy atom. The van der Waals surface area contributed by atoms with Crippen molar-refractivity contribution >= 4 is 23.2 Å². The van der Waals surface area contributed by atoms with Crippen molar-refractivity contribution < 1.29 is 18.4 Å². The summed E-state index contributed by atoms with van der Waals surface area (Å²) in [5.41, 5.74) is 2.91. The fraction of sp³-hybridized carbons (Fsp3) is 0.200. The van der Waals surface area contributed by atoms with E-state index in [9.17, 15) is 18.4 Å². The fourth-order valence-corrected chi connectivity index (χ4v) is 3.34. The Hall–Kier alpha value is -3.54. The number of amides is 2. The number of nitrogens with zero attached hydrogens (tertiary/aromatic N) is 1. The predicted molar refractivity (Wildman–Crippen MR) is 115 cm³/mol. The largest absolute Gasteiger partial charge is 0.326 e. The number of anilines is 2. The number of carbonyl (C=O) groups is 2. The van der Waals surface area contributed by atoms with Gasteiger partial charge in [0.15, 0.2) is 0 Å². The molecule has 4 nitrogen and oxygen atoms in total. The molecule has 1 fully saturated rings. The second-order valence-electron chi connectivity index (χ2n) is 7.72. The van der Waals surface area contributed by atoms with Crippen molar-refractivity contribution in [1.29, 1.82) is 0 Å². The van der Waals surface area contributed by atoms with Gasteiger partial charge in [-0.15, -0.1) is 0 Å². The third-order valence-electron chi connectivity index (χ3n) is 5.19. The zero-order valence-electron chi connectivity index (χ0n) is 16.9. The molecule has 0 spiro atoms. The van der Waals surface area contributed by atoms with Gasteiger partial charge in [-0.2, -0.15) is 0 Å². The normalized spacial score (nSPS) is 13.0. The van der Waals surface area contributed by atoms with Crippen LogP contribution in [0.15, 0.2) is 72.8 Å². The van der Waals surface area contributed by atoms with Crippen LogP contribution in [0.4, 0.5) is 20.2 Å². The lowest BCUT2D eigenvalue weighted by molar-refractivity contribution is -0.120. The molecule has 1 aliphatic carbocycles. The van der Waals surface area contributed by atoms with Gasteiger partial charge in [0.05, 0.1) is 13.0 Å². The van der Waals surface area contributed by atoms with E-state index in [2.05, 4.69) is 5.32 Å². The molecule has 0 aromatic heterocycles. The van der Waals surface area contributed by atoms with Crippen LogP contribution in [0.2, 0.25) is 0 Å². The maximum absolute atomic E-state index is 13.2. The average molecular weight is 420 g/mol. The minimum Gasteiger partial charge on any atom is -0.326 e. The Morgan fingerprint density at radius 2 is 1.35 bits per heavy atom. The van der Waals surface area contributed by atoms with Gasteiger partial charge in [-0.3, -0.25) is 9.59 Å². The van der Waals surface area contributed by atoms with Gasteiger partial charge in [0, 0.05) is 17.3 Å². The van der Waals surface area contributed by atoms with Crippen molar-refractivity contribution in [1.82, 2.24) is 0 Å². The molecule has 0 radical (unpaired) electrons. The van der Waals surface area contributed by atoms with Gasteiger partial charge in [-0.1, -0.05) is 24.3 Å². The summed E-state index contributed by atoms with van der Waals surface area (Å²) < 4.78 is 26.2. The Bertz CT molecular complexity index is 1060. The highest BCUT2D eigenvalue weighted by molar-refractivity contribution is 5.96. The van der Waals surface area contributed by atoms with Crippen LogP contribution in [0.1, 0.15) is 24.0 Å². The zero-order valence-corrected chi connectivity index (χ0v) is 16.9. The Kier molecular flexibility index (Phi) is 6.07. The summed E-state index contributed by atoms with van der Waals surface area (Å²) in [7, 11) is 0. The lowest BCUT2D eigenvalue weighted by Crippen LogP contribution is -2.31. The third kappa shape index (κ3) is 5.54. The van der Waals surface area contributed by atoms with Crippen LogP contribution < -0.4 is 10.2 Å². The Morgan fingerprint density at radius 3 is 1.94 bits per heavy atom. The minimum atomic E-state index is -0.362. The van der Waals surface area contributed by atoms with E-state index < -0.39 is 0 Å². The second kappa shape index (κ2) is 9.08. The van der Waals surface area contributed by atoms with E-state index in [-0.39, 0.29) is 35.8 Å². The summed E-state index contributed by atoms with van der Waals surface area (Å²) >= 11 is 0. The van der Waals surface area contributed by atoms with Crippen LogP contribution in [0.5, 0.6) is 0 Å². The Labute approximate surface area is 179 Å². The molecule has 0 unspecified atom stereocenters. The van der Waals surface area contributed by atoms with E-state index in [1.807, 2.05) is 24.3 Å². The third-order valence-corrected chi connectivity index (χ3v) is 5.19. The van der Waals surface area contributed by atoms with E-state index in [4.69, 9.17) is 0 Å². The molecule has 4 rings (SSSR count). The SMILES string of the molecule is O=C(Cc1ccc(N(Cc2ccc(F)cc2)C(=O)C2CC2)cc1)Nc1ccc(F)cc1. The first kappa shape index (κ1) is 20.7. The summed E-state index contributed by atoms with van der Waals surface area (Å²) in [6.07, 6.45) is 1.94. The molecule has 0 heterocycles. The van der Waals surface area contributed by atoms with E-state index in [0.29, 0.717) is 12.2 Å². The van der Waals surface area contributed by atoms with Crippen LogP contribution in [0.25, 0.3) is 0 Å². The van der Waals surface area contributed by atoms with E-state index >= 15 is 0 Å².